The number of piperidine rings is 1. The number of nitrogens with zero attached hydrogens (tertiary/aromatic N) is 1. The molecule has 2 aromatic carbocycles. The van der Waals surface area contributed by atoms with Crippen LogP contribution in [0, 0.1) is 0 Å². The summed E-state index contributed by atoms with van der Waals surface area (Å²) >= 11 is 0. The van der Waals surface area contributed by atoms with Gasteiger partial charge in [0.05, 0.1) is 12.1 Å². The molecule has 2 aromatic rings. The molecular weight excluding hydrogens is 737 g/mol. The molecule has 2 spiro atoms. The maximum atomic E-state index is 11.6. The average molecular weight is 810 g/mol. The first kappa shape index (κ1) is 55.0. The van der Waals surface area contributed by atoms with Crippen LogP contribution in [0.3, 0.4) is 0 Å². The number of hydrogen-bond acceptors (Lipinski definition) is 4. The highest BCUT2D eigenvalue weighted by Gasteiger charge is 2.43. The molecule has 2 fully saturated rings. The number of ketones is 1. The van der Waals surface area contributed by atoms with Crippen molar-refractivity contribution in [2.45, 2.75) is 174 Å². The van der Waals surface area contributed by atoms with Gasteiger partial charge >= 0.3 is 0 Å². The predicted octanol–water partition coefficient (Wildman–Crippen LogP) is 8.37. The van der Waals surface area contributed by atoms with Gasteiger partial charge in [0.1, 0.15) is 5.78 Å². The summed E-state index contributed by atoms with van der Waals surface area (Å²) in [5.74, 6) is 0.503. The monoisotopic (exact) mass is 811 g/mol. The highest BCUT2D eigenvalue weighted by Crippen LogP contribution is 2.50. The number of carbonyl (C=O) groups is 3. The first-order valence-corrected chi connectivity index (χ1v) is 20.9. The van der Waals surface area contributed by atoms with Crippen LogP contribution in [0.25, 0.3) is 0 Å². The molecule has 1 saturated carbocycles. The van der Waals surface area contributed by atoms with E-state index in [9.17, 15) is 14.4 Å². The number of Topliss-reactive ketones (excluding diaryl/α,β-unsaturated/α-hetero) is 1. The lowest BCUT2D eigenvalue weighted by atomic mass is 8.97. The van der Waals surface area contributed by atoms with Gasteiger partial charge in [-0.25, -0.2) is 0 Å². The van der Waals surface area contributed by atoms with E-state index in [4.69, 9.17) is 23.2 Å². The predicted molar refractivity (Wildman–Crippen MR) is 258 cm³/mol. The van der Waals surface area contributed by atoms with Crippen molar-refractivity contribution in [3.8, 4) is 0 Å². The minimum absolute atomic E-state index is 0. The van der Waals surface area contributed by atoms with Gasteiger partial charge in [-0.05, 0) is 110 Å². The molecule has 6 nitrogen and oxygen atoms in total. The molecule has 0 aromatic heterocycles. The summed E-state index contributed by atoms with van der Waals surface area (Å²) < 4.78 is 0. The van der Waals surface area contributed by atoms with Gasteiger partial charge in [0, 0.05) is 69.4 Å². The maximum Gasteiger partial charge on any atom is 0.217 e. The van der Waals surface area contributed by atoms with Crippen molar-refractivity contribution in [1.82, 2.24) is 15.5 Å². The van der Waals surface area contributed by atoms with Crippen molar-refractivity contribution in [1.29, 1.82) is 0 Å². The fourth-order valence-electron chi connectivity index (χ4n) is 9.42. The summed E-state index contributed by atoms with van der Waals surface area (Å²) in [6.07, 6.45) is 17.3. The van der Waals surface area contributed by atoms with Crippen molar-refractivity contribution in [2.75, 3.05) is 13.1 Å². The summed E-state index contributed by atoms with van der Waals surface area (Å²) in [5.41, 5.74) is 6.47. The second-order valence-electron chi connectivity index (χ2n) is 15.9. The van der Waals surface area contributed by atoms with Crippen LogP contribution in [-0.2, 0) is 25.2 Å². The Morgan fingerprint density at radius 3 is 1.44 bits per heavy atom. The molecule has 0 unspecified atom stereocenters. The Morgan fingerprint density at radius 1 is 0.719 bits per heavy atom. The SMILES string of the molecule is C.CC(=O)N[C@H]1CCC2(CCCCC2)c2ccccc21.CCC(=O)CC.CCC(CC)N1CCC2(CC[C@H](NC(C)=O)c3ccccc32)CC1.S.S.[B][B]B([B])[B]. The average Bonchev–Trinajstić information content (AvgIpc) is 3.19. The van der Waals surface area contributed by atoms with E-state index in [2.05, 4.69) is 77.9 Å². The molecule has 3 aliphatic carbocycles. The summed E-state index contributed by atoms with van der Waals surface area (Å²) in [6, 6.07) is 18.8. The van der Waals surface area contributed by atoms with Crippen LogP contribution in [0.4, 0.5) is 0 Å². The molecule has 4 aliphatic rings. The Labute approximate surface area is 367 Å². The highest BCUT2D eigenvalue weighted by atomic mass is 32.1. The van der Waals surface area contributed by atoms with Gasteiger partial charge < -0.3 is 15.5 Å². The van der Waals surface area contributed by atoms with Gasteiger partial charge in [-0.2, -0.15) is 27.0 Å². The molecule has 2 N–H and O–H groups in total. The van der Waals surface area contributed by atoms with Gasteiger partial charge in [0.15, 0.2) is 0 Å². The molecular formula is C44H73B5N3O3S2. The van der Waals surface area contributed by atoms with Gasteiger partial charge in [-0.3, -0.25) is 14.4 Å². The first-order valence-electron chi connectivity index (χ1n) is 20.9. The van der Waals surface area contributed by atoms with Crippen molar-refractivity contribution in [2.24, 2.45) is 0 Å². The number of carbonyl (C=O) groups excluding carboxylic acids is 3. The minimum atomic E-state index is -0.463. The fourth-order valence-corrected chi connectivity index (χ4v) is 9.42. The van der Waals surface area contributed by atoms with E-state index in [-0.39, 0.29) is 58.3 Å². The van der Waals surface area contributed by atoms with Crippen molar-refractivity contribution in [3.05, 3.63) is 70.8 Å². The van der Waals surface area contributed by atoms with E-state index < -0.39 is 6.39 Å². The quantitative estimate of drug-likeness (QED) is 0.263. The smallest absolute Gasteiger partial charge is 0.217 e. The third-order valence-electron chi connectivity index (χ3n) is 12.4. The molecule has 7 radical (unpaired) electrons. The standard InChI is InChI=1S/C21H32N2O.C17H23NO.C5H10O.CH4.B5.2H2S/c1-4-17(5-2)23-14-12-21(13-15-23)11-10-20(22-16(3)24)18-8-6-7-9-19(18)21;1-13(19)18-16-9-12-17(10-5-2-6-11-17)15-8-4-3-7-14(15)16;1-3-5(6)4-2;;1-4-5(2)3;;/h6-9,17,20H,4-5,10-15H2,1-3H3,(H,22,24);3-4,7-8,16H,2,5-6,9-12H2,1H3,(H,18,19);3-4H2,1-2H3;1H4;;2*1H2/t20-;16-;;;;;/m00...../s1. The summed E-state index contributed by atoms with van der Waals surface area (Å²) in [5, 5.41) is 6.28. The van der Waals surface area contributed by atoms with Crippen LogP contribution in [0.5, 0.6) is 0 Å². The van der Waals surface area contributed by atoms with Crippen LogP contribution < -0.4 is 10.6 Å². The molecule has 2 amide bonds. The van der Waals surface area contributed by atoms with E-state index in [1.807, 2.05) is 13.8 Å². The maximum absolute atomic E-state index is 11.6. The number of benzene rings is 2. The lowest BCUT2D eigenvalue weighted by Crippen LogP contribution is -2.48. The third-order valence-corrected chi connectivity index (χ3v) is 12.4. The molecule has 2 atom stereocenters. The Bertz CT molecular complexity index is 1460. The lowest BCUT2D eigenvalue weighted by Gasteiger charge is -2.48. The van der Waals surface area contributed by atoms with Gasteiger partial charge in [0.2, 0.25) is 11.8 Å². The van der Waals surface area contributed by atoms with Gasteiger partial charge in [0.25, 0.3) is 0 Å². The Morgan fingerprint density at radius 2 is 1.11 bits per heavy atom. The van der Waals surface area contributed by atoms with E-state index in [1.165, 1.54) is 113 Å². The number of hydrogen-bond donors (Lipinski definition) is 2. The Kier molecular flexibility index (Phi) is 26.8. The van der Waals surface area contributed by atoms with E-state index in [0.717, 1.165) is 18.9 Å². The van der Waals surface area contributed by atoms with Crippen molar-refractivity contribution >= 4 is 81.2 Å². The van der Waals surface area contributed by atoms with E-state index in [0.29, 0.717) is 29.5 Å². The topological polar surface area (TPSA) is 78.5 Å². The molecule has 0 bridgehead atoms. The van der Waals surface area contributed by atoms with E-state index in [1.54, 1.807) is 13.8 Å². The van der Waals surface area contributed by atoms with Crippen LogP contribution >= 0.6 is 27.0 Å². The summed E-state index contributed by atoms with van der Waals surface area (Å²) in [7, 11) is 15.8. The zero-order valence-corrected chi connectivity index (χ0v) is 37.4. The van der Waals surface area contributed by atoms with Crippen LogP contribution in [0.15, 0.2) is 48.5 Å². The van der Waals surface area contributed by atoms with Crippen molar-refractivity contribution in [3.63, 3.8) is 0 Å². The number of fused-ring (bicyclic) bond motifs is 4. The molecule has 6 rings (SSSR count). The molecule has 1 saturated heterocycles. The summed E-state index contributed by atoms with van der Waals surface area (Å²) in [6.45, 7) is 14.1. The third kappa shape index (κ3) is 15.9. The van der Waals surface area contributed by atoms with Crippen LogP contribution in [0.1, 0.15) is 180 Å². The molecule has 13 heteroatoms. The number of likely N-dealkylation sites (tertiary alicyclic amines) is 1. The van der Waals surface area contributed by atoms with Gasteiger partial charge in [-0.1, -0.05) is 103 Å². The molecule has 1 heterocycles. The fraction of sp³-hybridized carbons (Fsp3) is 0.659. The van der Waals surface area contributed by atoms with E-state index >= 15 is 0 Å². The highest BCUT2D eigenvalue weighted by molar-refractivity contribution is 7.60. The molecule has 57 heavy (non-hydrogen) atoms. The lowest BCUT2D eigenvalue weighted by molar-refractivity contribution is -0.120. The largest absolute Gasteiger partial charge is 0.350 e. The molecule has 1 aliphatic heterocycles. The number of nitrogens with one attached hydrogen (secondary N) is 2. The second kappa shape index (κ2) is 27.7. The minimum Gasteiger partial charge on any atom is -0.350 e. The van der Waals surface area contributed by atoms with Crippen molar-refractivity contribution < 1.29 is 14.4 Å². The zero-order valence-electron chi connectivity index (χ0n) is 35.4. The van der Waals surface area contributed by atoms with Gasteiger partial charge in [-0.15, -0.1) is 0 Å². The Balaban J connectivity index is 0.000000849. The second-order valence-corrected chi connectivity index (χ2v) is 15.9. The number of rotatable bonds is 8. The first-order chi connectivity index (χ1) is 25.9. The zero-order chi connectivity index (χ0) is 39.7. The summed E-state index contributed by atoms with van der Waals surface area (Å²) in [4.78, 5) is 35.8. The van der Waals surface area contributed by atoms with Crippen LogP contribution in [0.2, 0.25) is 0 Å². The normalized spacial score (nSPS) is 19.5. The number of amides is 2. The Hall–Kier alpha value is -1.97. The van der Waals surface area contributed by atoms with Crippen LogP contribution in [-0.4, -0.2) is 78.3 Å². The molecule has 309 valence electrons.